The summed E-state index contributed by atoms with van der Waals surface area (Å²) in [6.07, 6.45) is 0.276. The van der Waals surface area contributed by atoms with Crippen molar-refractivity contribution in [2.45, 2.75) is 25.8 Å². The highest BCUT2D eigenvalue weighted by Gasteiger charge is 2.26. The molecule has 0 amide bonds. The van der Waals surface area contributed by atoms with Crippen molar-refractivity contribution in [2.75, 3.05) is 14.2 Å². The summed E-state index contributed by atoms with van der Waals surface area (Å²) in [5.41, 5.74) is -0.771. The van der Waals surface area contributed by atoms with E-state index in [4.69, 9.17) is 8.85 Å². The van der Waals surface area contributed by atoms with Crippen LogP contribution in [0.2, 0.25) is 6.04 Å². The molecule has 0 aliphatic heterocycles. The van der Waals surface area contributed by atoms with Crippen LogP contribution in [0.4, 0.5) is 22.0 Å². The SMILES string of the molecule is CO[SiH](CCC(C)Cc1c(F)c(F)c(F)c(F)c1F)OC. The molecule has 0 spiro atoms. The Labute approximate surface area is 121 Å². The second-order valence-corrected chi connectivity index (χ2v) is 7.22. The fourth-order valence-corrected chi connectivity index (χ4v) is 3.54. The van der Waals surface area contributed by atoms with Crippen LogP contribution in [0.1, 0.15) is 18.9 Å². The summed E-state index contributed by atoms with van der Waals surface area (Å²) >= 11 is 0. The van der Waals surface area contributed by atoms with Gasteiger partial charge in [-0.2, -0.15) is 0 Å². The van der Waals surface area contributed by atoms with Crippen LogP contribution in [0.25, 0.3) is 0 Å². The van der Waals surface area contributed by atoms with Gasteiger partial charge in [0.2, 0.25) is 5.82 Å². The Morgan fingerprint density at radius 1 is 0.857 bits per heavy atom. The lowest BCUT2D eigenvalue weighted by Crippen LogP contribution is -2.20. The van der Waals surface area contributed by atoms with Gasteiger partial charge < -0.3 is 8.85 Å². The molecule has 1 rings (SSSR count). The third-order valence-electron chi connectivity index (χ3n) is 3.27. The second-order valence-electron chi connectivity index (χ2n) is 4.84. The van der Waals surface area contributed by atoms with Crippen LogP contribution in [0.5, 0.6) is 0 Å². The van der Waals surface area contributed by atoms with Crippen molar-refractivity contribution in [3.8, 4) is 0 Å². The molecule has 0 aliphatic rings. The normalized spacial score (nSPS) is 13.0. The Balaban J connectivity index is 2.84. The van der Waals surface area contributed by atoms with Gasteiger partial charge in [-0.3, -0.25) is 0 Å². The number of hydrogen-bond acceptors (Lipinski definition) is 2. The zero-order chi connectivity index (χ0) is 16.2. The summed E-state index contributed by atoms with van der Waals surface area (Å²) < 4.78 is 76.4. The maximum absolute atomic E-state index is 13.5. The van der Waals surface area contributed by atoms with Crippen molar-refractivity contribution >= 4 is 9.28 Å². The summed E-state index contributed by atoms with van der Waals surface area (Å²) in [5, 5.41) is 0. The van der Waals surface area contributed by atoms with Gasteiger partial charge in [0.25, 0.3) is 0 Å². The molecule has 0 saturated carbocycles. The lowest BCUT2D eigenvalue weighted by molar-refractivity contribution is 0.273. The molecule has 1 unspecified atom stereocenters. The number of benzene rings is 1. The fourth-order valence-electron chi connectivity index (χ4n) is 2.03. The molecule has 0 bridgehead atoms. The van der Waals surface area contributed by atoms with E-state index in [9.17, 15) is 22.0 Å². The molecule has 0 fully saturated rings. The summed E-state index contributed by atoms with van der Waals surface area (Å²) in [6.45, 7) is 1.68. The Morgan fingerprint density at radius 2 is 1.29 bits per heavy atom. The van der Waals surface area contributed by atoms with Crippen molar-refractivity contribution in [1.82, 2.24) is 0 Å². The first kappa shape index (κ1) is 18.1. The molecule has 1 aromatic carbocycles. The molecule has 0 N–H and O–H groups in total. The van der Waals surface area contributed by atoms with Gasteiger partial charge >= 0.3 is 9.28 Å². The molecule has 0 heterocycles. The molecular weight excluding hydrogens is 311 g/mol. The average molecular weight is 328 g/mol. The highest BCUT2D eigenvalue weighted by atomic mass is 28.3. The molecular formula is C13H17F5O2Si. The van der Waals surface area contributed by atoms with Crippen molar-refractivity contribution in [2.24, 2.45) is 5.92 Å². The molecule has 0 saturated heterocycles. The second kappa shape index (κ2) is 7.86. The quantitative estimate of drug-likeness (QED) is 0.330. The summed E-state index contributed by atoms with van der Waals surface area (Å²) in [4.78, 5) is 0. The minimum Gasteiger partial charge on any atom is -0.400 e. The van der Waals surface area contributed by atoms with E-state index in [0.717, 1.165) is 0 Å². The average Bonchev–Trinajstić information content (AvgIpc) is 2.48. The van der Waals surface area contributed by atoms with E-state index in [1.165, 1.54) is 14.2 Å². The fraction of sp³-hybridized carbons (Fsp3) is 0.538. The smallest absolute Gasteiger partial charge is 0.320 e. The molecule has 0 aliphatic carbocycles. The molecule has 1 atom stereocenters. The highest BCUT2D eigenvalue weighted by Crippen LogP contribution is 2.26. The van der Waals surface area contributed by atoms with Crippen LogP contribution in [-0.2, 0) is 15.3 Å². The predicted octanol–water partition coefficient (Wildman–Crippen LogP) is 3.46. The van der Waals surface area contributed by atoms with Crippen molar-refractivity contribution in [1.29, 1.82) is 0 Å². The van der Waals surface area contributed by atoms with Gasteiger partial charge in [-0.1, -0.05) is 6.92 Å². The highest BCUT2D eigenvalue weighted by molar-refractivity contribution is 6.44. The Kier molecular flexibility index (Phi) is 6.76. The molecule has 8 heteroatoms. The third kappa shape index (κ3) is 4.24. The first-order valence-corrected chi connectivity index (χ1v) is 8.15. The lowest BCUT2D eigenvalue weighted by Gasteiger charge is -2.16. The van der Waals surface area contributed by atoms with Crippen molar-refractivity contribution in [3.05, 3.63) is 34.6 Å². The monoisotopic (exact) mass is 328 g/mol. The van der Waals surface area contributed by atoms with Gasteiger partial charge in [0, 0.05) is 19.8 Å². The first-order chi connectivity index (χ1) is 9.83. The van der Waals surface area contributed by atoms with E-state index in [2.05, 4.69) is 0 Å². The van der Waals surface area contributed by atoms with Gasteiger partial charge in [-0.05, 0) is 24.8 Å². The molecule has 0 radical (unpaired) electrons. The number of hydrogen-bond donors (Lipinski definition) is 0. The minimum atomic E-state index is -2.13. The molecule has 21 heavy (non-hydrogen) atoms. The number of rotatable bonds is 7. The largest absolute Gasteiger partial charge is 0.400 e. The topological polar surface area (TPSA) is 18.5 Å². The zero-order valence-electron chi connectivity index (χ0n) is 12.0. The van der Waals surface area contributed by atoms with Crippen molar-refractivity contribution < 1.29 is 30.8 Å². The molecule has 0 aromatic heterocycles. The van der Waals surface area contributed by atoms with Gasteiger partial charge in [0.15, 0.2) is 23.3 Å². The molecule has 120 valence electrons. The predicted molar refractivity (Wildman–Crippen MR) is 69.7 cm³/mol. The van der Waals surface area contributed by atoms with Crippen LogP contribution in [-0.4, -0.2) is 23.5 Å². The maximum atomic E-state index is 13.5. The van der Waals surface area contributed by atoms with E-state index >= 15 is 0 Å². The summed E-state index contributed by atoms with van der Waals surface area (Å²) in [5.74, 6) is -9.73. The van der Waals surface area contributed by atoms with E-state index in [-0.39, 0.29) is 12.3 Å². The Bertz CT molecular complexity index is 465. The van der Waals surface area contributed by atoms with Gasteiger partial charge in [0.1, 0.15) is 0 Å². The van der Waals surface area contributed by atoms with Crippen LogP contribution in [0.3, 0.4) is 0 Å². The minimum absolute atomic E-state index is 0.236. The Hall–Kier alpha value is -0.993. The van der Waals surface area contributed by atoms with E-state index in [0.29, 0.717) is 12.5 Å². The van der Waals surface area contributed by atoms with E-state index in [1.807, 2.05) is 0 Å². The van der Waals surface area contributed by atoms with Gasteiger partial charge in [0.05, 0.1) is 0 Å². The molecule has 1 aromatic rings. The third-order valence-corrected chi connectivity index (χ3v) is 5.13. The number of halogens is 5. The molecule has 2 nitrogen and oxygen atoms in total. The Morgan fingerprint density at radius 3 is 1.71 bits per heavy atom. The van der Waals surface area contributed by atoms with Gasteiger partial charge in [-0.25, -0.2) is 22.0 Å². The van der Waals surface area contributed by atoms with E-state index in [1.54, 1.807) is 6.92 Å². The zero-order valence-corrected chi connectivity index (χ0v) is 13.1. The van der Waals surface area contributed by atoms with Crippen LogP contribution in [0, 0.1) is 35.0 Å². The summed E-state index contributed by atoms with van der Waals surface area (Å²) in [6, 6.07) is 0.587. The lowest BCUT2D eigenvalue weighted by atomic mass is 9.97. The van der Waals surface area contributed by atoms with Crippen LogP contribution in [0.15, 0.2) is 0 Å². The van der Waals surface area contributed by atoms with Gasteiger partial charge in [-0.15, -0.1) is 0 Å². The standard InChI is InChI=1S/C13H17F5O2Si/c1-7(4-5-21(19-2)20-3)6-8-9(14)11(16)13(18)12(17)10(8)15/h7,21H,4-6H2,1-3H3. The summed E-state index contributed by atoms with van der Waals surface area (Å²) in [7, 11) is 1.21. The van der Waals surface area contributed by atoms with E-state index < -0.39 is 43.9 Å². The first-order valence-electron chi connectivity index (χ1n) is 6.39. The van der Waals surface area contributed by atoms with Crippen LogP contribution < -0.4 is 0 Å². The van der Waals surface area contributed by atoms with Crippen molar-refractivity contribution in [3.63, 3.8) is 0 Å². The maximum Gasteiger partial charge on any atom is 0.320 e. The van der Waals surface area contributed by atoms with Crippen LogP contribution >= 0.6 is 0 Å².